The van der Waals surface area contributed by atoms with Gasteiger partial charge in [0.15, 0.2) is 11.6 Å². The first-order valence-electron chi connectivity index (χ1n) is 5.15. The van der Waals surface area contributed by atoms with Crippen molar-refractivity contribution in [3.8, 4) is 0 Å². The van der Waals surface area contributed by atoms with Gasteiger partial charge in [0, 0.05) is 15.6 Å². The summed E-state index contributed by atoms with van der Waals surface area (Å²) >= 11 is 11.7. The molecule has 94 valence electrons. The van der Waals surface area contributed by atoms with Crippen LogP contribution < -0.4 is 5.73 Å². The van der Waals surface area contributed by atoms with Crippen LogP contribution in [0.4, 0.5) is 8.78 Å². The summed E-state index contributed by atoms with van der Waals surface area (Å²) in [4.78, 5) is 0. The second-order valence-corrected chi connectivity index (χ2v) is 4.63. The topological polar surface area (TPSA) is 26.0 Å². The summed E-state index contributed by atoms with van der Waals surface area (Å²) in [5.74, 6) is -2.01. The average Bonchev–Trinajstić information content (AvgIpc) is 2.34. The van der Waals surface area contributed by atoms with Gasteiger partial charge >= 0.3 is 0 Å². The molecule has 0 aliphatic heterocycles. The number of halogens is 4. The van der Waals surface area contributed by atoms with E-state index < -0.39 is 17.7 Å². The molecule has 0 aliphatic rings. The highest BCUT2D eigenvalue weighted by molar-refractivity contribution is 6.31. The smallest absolute Gasteiger partial charge is 0.165 e. The summed E-state index contributed by atoms with van der Waals surface area (Å²) in [5, 5.41) is 0.553. The molecule has 0 saturated carbocycles. The molecule has 1 atom stereocenters. The third kappa shape index (κ3) is 2.48. The molecule has 0 aromatic heterocycles. The lowest BCUT2D eigenvalue weighted by atomic mass is 9.99. The fraction of sp³-hybridized carbons (Fsp3) is 0.0769. The molecule has 1 unspecified atom stereocenters. The monoisotopic (exact) mass is 287 g/mol. The number of rotatable bonds is 2. The Balaban J connectivity index is 2.52. The van der Waals surface area contributed by atoms with E-state index >= 15 is 0 Å². The lowest BCUT2D eigenvalue weighted by Crippen LogP contribution is -2.15. The van der Waals surface area contributed by atoms with Crippen molar-refractivity contribution in [2.24, 2.45) is 5.73 Å². The molecular weight excluding hydrogens is 279 g/mol. The largest absolute Gasteiger partial charge is 0.320 e. The van der Waals surface area contributed by atoms with Crippen LogP contribution in [0.1, 0.15) is 17.2 Å². The van der Waals surface area contributed by atoms with Gasteiger partial charge in [0.25, 0.3) is 0 Å². The van der Waals surface area contributed by atoms with Crippen LogP contribution in [0, 0.1) is 11.6 Å². The Morgan fingerprint density at radius 1 is 1.06 bits per heavy atom. The first-order valence-corrected chi connectivity index (χ1v) is 5.90. The molecule has 0 spiro atoms. The normalized spacial score (nSPS) is 12.5. The van der Waals surface area contributed by atoms with E-state index in [2.05, 4.69) is 0 Å². The number of hydrogen-bond donors (Lipinski definition) is 1. The number of benzene rings is 2. The number of hydrogen-bond acceptors (Lipinski definition) is 1. The Morgan fingerprint density at radius 3 is 2.44 bits per heavy atom. The van der Waals surface area contributed by atoms with Gasteiger partial charge in [-0.1, -0.05) is 35.3 Å². The Hall–Kier alpha value is -1.16. The summed E-state index contributed by atoms with van der Waals surface area (Å²) in [6.07, 6.45) is 0. The summed E-state index contributed by atoms with van der Waals surface area (Å²) < 4.78 is 26.9. The Morgan fingerprint density at radius 2 is 1.78 bits per heavy atom. The van der Waals surface area contributed by atoms with E-state index in [0.29, 0.717) is 10.6 Å². The van der Waals surface area contributed by atoms with E-state index in [0.717, 1.165) is 6.07 Å². The van der Waals surface area contributed by atoms with Crippen LogP contribution in [0.2, 0.25) is 10.0 Å². The highest BCUT2D eigenvalue weighted by Crippen LogP contribution is 2.31. The van der Waals surface area contributed by atoms with Crippen LogP contribution >= 0.6 is 23.2 Å². The van der Waals surface area contributed by atoms with Crippen molar-refractivity contribution in [2.75, 3.05) is 0 Å². The maximum atomic E-state index is 13.7. The van der Waals surface area contributed by atoms with E-state index in [4.69, 9.17) is 28.9 Å². The minimum Gasteiger partial charge on any atom is -0.320 e. The Bertz CT molecular complexity index is 587. The highest BCUT2D eigenvalue weighted by atomic mass is 35.5. The Kier molecular flexibility index (Phi) is 3.85. The minimum absolute atomic E-state index is 0.0704. The molecule has 0 aliphatic carbocycles. The van der Waals surface area contributed by atoms with Crippen molar-refractivity contribution in [1.82, 2.24) is 0 Å². The van der Waals surface area contributed by atoms with Crippen molar-refractivity contribution < 1.29 is 8.78 Å². The van der Waals surface area contributed by atoms with Gasteiger partial charge in [-0.15, -0.1) is 0 Å². The van der Waals surface area contributed by atoms with Gasteiger partial charge in [0.2, 0.25) is 0 Å². The van der Waals surface area contributed by atoms with Crippen LogP contribution in [0.5, 0.6) is 0 Å². The standard InChI is InChI=1S/C13H9Cl2F2N/c14-8-3-1-2-7(6-8)13(18)11-9(15)4-5-10(16)12(11)17/h1-6,13H,18H2. The molecule has 18 heavy (non-hydrogen) atoms. The maximum Gasteiger partial charge on any atom is 0.165 e. The van der Waals surface area contributed by atoms with Crippen molar-refractivity contribution in [3.63, 3.8) is 0 Å². The second-order valence-electron chi connectivity index (χ2n) is 3.79. The SMILES string of the molecule is NC(c1cccc(Cl)c1)c1c(Cl)ccc(F)c1F. The van der Waals surface area contributed by atoms with E-state index in [1.165, 1.54) is 6.07 Å². The van der Waals surface area contributed by atoms with Crippen molar-refractivity contribution in [3.05, 3.63) is 69.2 Å². The fourth-order valence-corrected chi connectivity index (χ4v) is 2.16. The van der Waals surface area contributed by atoms with Gasteiger partial charge in [-0.2, -0.15) is 0 Å². The number of nitrogens with two attached hydrogens (primary N) is 1. The molecule has 2 N–H and O–H groups in total. The zero-order chi connectivity index (χ0) is 13.3. The summed E-state index contributed by atoms with van der Waals surface area (Å²) in [5.41, 5.74) is 6.40. The Labute approximate surface area is 113 Å². The minimum atomic E-state index is -1.03. The predicted octanol–water partition coefficient (Wildman–Crippen LogP) is 4.32. The van der Waals surface area contributed by atoms with E-state index in [-0.39, 0.29) is 10.6 Å². The van der Waals surface area contributed by atoms with Gasteiger partial charge in [0.05, 0.1) is 6.04 Å². The van der Waals surface area contributed by atoms with Crippen LogP contribution in [-0.2, 0) is 0 Å². The lowest BCUT2D eigenvalue weighted by Gasteiger charge is -2.15. The molecule has 0 radical (unpaired) electrons. The molecule has 0 bridgehead atoms. The molecule has 0 heterocycles. The van der Waals surface area contributed by atoms with Gasteiger partial charge < -0.3 is 5.73 Å². The first-order chi connectivity index (χ1) is 8.50. The molecule has 2 aromatic rings. The van der Waals surface area contributed by atoms with Crippen molar-refractivity contribution in [1.29, 1.82) is 0 Å². The quantitative estimate of drug-likeness (QED) is 0.818. The predicted molar refractivity (Wildman–Crippen MR) is 68.9 cm³/mol. The van der Waals surface area contributed by atoms with Gasteiger partial charge in [-0.3, -0.25) is 0 Å². The highest BCUT2D eigenvalue weighted by Gasteiger charge is 2.20. The zero-order valence-corrected chi connectivity index (χ0v) is 10.6. The van der Waals surface area contributed by atoms with E-state index in [1.807, 2.05) is 0 Å². The summed E-state index contributed by atoms with van der Waals surface area (Å²) in [6.45, 7) is 0. The zero-order valence-electron chi connectivity index (χ0n) is 9.13. The first kappa shape index (κ1) is 13.3. The molecular formula is C13H9Cl2F2N. The van der Waals surface area contributed by atoms with Crippen molar-refractivity contribution in [2.45, 2.75) is 6.04 Å². The fourth-order valence-electron chi connectivity index (χ4n) is 1.69. The molecule has 0 amide bonds. The third-order valence-corrected chi connectivity index (χ3v) is 3.16. The van der Waals surface area contributed by atoms with E-state index in [9.17, 15) is 8.78 Å². The van der Waals surface area contributed by atoms with Gasteiger partial charge in [-0.25, -0.2) is 8.78 Å². The molecule has 0 fully saturated rings. The van der Waals surface area contributed by atoms with Gasteiger partial charge in [0.1, 0.15) is 0 Å². The summed E-state index contributed by atoms with van der Waals surface area (Å²) in [6, 6.07) is 7.99. The molecule has 2 rings (SSSR count). The molecule has 1 nitrogen and oxygen atoms in total. The van der Waals surface area contributed by atoms with Crippen LogP contribution in [0.25, 0.3) is 0 Å². The molecule has 5 heteroatoms. The molecule has 2 aromatic carbocycles. The summed E-state index contributed by atoms with van der Waals surface area (Å²) in [7, 11) is 0. The van der Waals surface area contributed by atoms with Crippen LogP contribution in [0.3, 0.4) is 0 Å². The lowest BCUT2D eigenvalue weighted by molar-refractivity contribution is 0.494. The van der Waals surface area contributed by atoms with Crippen LogP contribution in [0.15, 0.2) is 36.4 Å². The van der Waals surface area contributed by atoms with Crippen molar-refractivity contribution >= 4 is 23.2 Å². The van der Waals surface area contributed by atoms with Crippen LogP contribution in [-0.4, -0.2) is 0 Å². The molecule has 0 saturated heterocycles. The van der Waals surface area contributed by atoms with Gasteiger partial charge in [-0.05, 0) is 29.8 Å². The van der Waals surface area contributed by atoms with E-state index in [1.54, 1.807) is 24.3 Å². The second kappa shape index (κ2) is 5.22. The average molecular weight is 288 g/mol. The maximum absolute atomic E-state index is 13.7. The third-order valence-electron chi connectivity index (χ3n) is 2.60.